The summed E-state index contributed by atoms with van der Waals surface area (Å²) in [5.74, 6) is -0.265. The lowest BCUT2D eigenvalue weighted by atomic mass is 10.1. The summed E-state index contributed by atoms with van der Waals surface area (Å²) < 4.78 is 18.6. The minimum atomic E-state index is -0.265. The molecule has 0 bridgehead atoms. The SMILES string of the molecule is Cc1cccc2c1oc1cc(F)ccc12. The standard InChI is InChI=1S/C13H9FO/c1-8-3-2-4-11-10-6-5-9(14)7-12(10)15-13(8)11/h2-7H,1H3. The summed E-state index contributed by atoms with van der Waals surface area (Å²) in [6.07, 6.45) is 0. The zero-order valence-corrected chi connectivity index (χ0v) is 8.25. The molecule has 0 amide bonds. The highest BCUT2D eigenvalue weighted by atomic mass is 19.1. The Hall–Kier alpha value is -1.83. The third-order valence-corrected chi connectivity index (χ3v) is 2.66. The molecule has 0 atom stereocenters. The first-order valence-electron chi connectivity index (χ1n) is 4.83. The van der Waals surface area contributed by atoms with Crippen LogP contribution in [0.25, 0.3) is 21.9 Å². The van der Waals surface area contributed by atoms with Gasteiger partial charge >= 0.3 is 0 Å². The molecule has 0 N–H and O–H groups in total. The van der Waals surface area contributed by atoms with Gasteiger partial charge in [0.05, 0.1) is 0 Å². The number of hydrogen-bond donors (Lipinski definition) is 0. The van der Waals surface area contributed by atoms with Crippen molar-refractivity contribution >= 4 is 21.9 Å². The monoisotopic (exact) mass is 200 g/mol. The zero-order valence-electron chi connectivity index (χ0n) is 8.25. The van der Waals surface area contributed by atoms with Crippen molar-refractivity contribution in [2.45, 2.75) is 6.92 Å². The maximum absolute atomic E-state index is 13.0. The molecule has 3 aromatic rings. The summed E-state index contributed by atoms with van der Waals surface area (Å²) in [7, 11) is 0. The summed E-state index contributed by atoms with van der Waals surface area (Å²) in [6.45, 7) is 1.99. The van der Waals surface area contributed by atoms with Crippen LogP contribution in [0.5, 0.6) is 0 Å². The predicted octanol–water partition coefficient (Wildman–Crippen LogP) is 4.03. The van der Waals surface area contributed by atoms with E-state index < -0.39 is 0 Å². The zero-order chi connectivity index (χ0) is 10.4. The molecule has 0 aliphatic heterocycles. The van der Waals surface area contributed by atoms with E-state index in [9.17, 15) is 4.39 Å². The number of furan rings is 1. The van der Waals surface area contributed by atoms with E-state index in [-0.39, 0.29) is 5.82 Å². The molecule has 0 fully saturated rings. The molecule has 0 aliphatic carbocycles. The van der Waals surface area contributed by atoms with Crippen molar-refractivity contribution in [1.82, 2.24) is 0 Å². The maximum Gasteiger partial charge on any atom is 0.138 e. The molecule has 0 unspecified atom stereocenters. The highest BCUT2D eigenvalue weighted by molar-refractivity contribution is 6.05. The number of fused-ring (bicyclic) bond motifs is 3. The molecule has 2 heteroatoms. The van der Waals surface area contributed by atoms with Crippen LogP contribution in [0.15, 0.2) is 40.8 Å². The second-order valence-corrected chi connectivity index (χ2v) is 3.69. The molecule has 0 saturated carbocycles. The van der Waals surface area contributed by atoms with Gasteiger partial charge in [-0.15, -0.1) is 0 Å². The Balaban J connectivity index is 2.57. The number of benzene rings is 2. The summed E-state index contributed by atoms with van der Waals surface area (Å²) >= 11 is 0. The Kier molecular flexibility index (Phi) is 1.60. The minimum Gasteiger partial charge on any atom is -0.456 e. The third-order valence-electron chi connectivity index (χ3n) is 2.66. The lowest BCUT2D eigenvalue weighted by Crippen LogP contribution is -1.71. The molecule has 0 spiro atoms. The summed E-state index contributed by atoms with van der Waals surface area (Å²) in [5.41, 5.74) is 2.53. The molecule has 3 rings (SSSR count). The Bertz CT molecular complexity index is 652. The van der Waals surface area contributed by atoms with E-state index in [4.69, 9.17) is 4.42 Å². The second kappa shape index (κ2) is 2.83. The molecular formula is C13H9FO. The number of halogens is 1. The summed E-state index contributed by atoms with van der Waals surface area (Å²) in [5, 5.41) is 2.01. The Morgan fingerprint density at radius 1 is 1.07 bits per heavy atom. The summed E-state index contributed by atoms with van der Waals surface area (Å²) in [4.78, 5) is 0. The van der Waals surface area contributed by atoms with Crippen molar-refractivity contribution < 1.29 is 8.81 Å². The summed E-state index contributed by atoms with van der Waals surface area (Å²) in [6, 6.07) is 10.6. The molecule has 1 heterocycles. The molecule has 74 valence electrons. The first-order valence-corrected chi connectivity index (χ1v) is 4.83. The normalized spacial score (nSPS) is 11.3. The van der Waals surface area contributed by atoms with Gasteiger partial charge in [-0.3, -0.25) is 0 Å². The predicted molar refractivity (Wildman–Crippen MR) is 58.4 cm³/mol. The molecule has 1 nitrogen and oxygen atoms in total. The number of para-hydroxylation sites is 1. The van der Waals surface area contributed by atoms with E-state index >= 15 is 0 Å². The van der Waals surface area contributed by atoms with Crippen LogP contribution in [0.2, 0.25) is 0 Å². The fraction of sp³-hybridized carbons (Fsp3) is 0.0769. The fourth-order valence-electron chi connectivity index (χ4n) is 1.91. The lowest BCUT2D eigenvalue weighted by Gasteiger charge is -1.91. The van der Waals surface area contributed by atoms with Crippen molar-refractivity contribution in [2.24, 2.45) is 0 Å². The average molecular weight is 200 g/mol. The Morgan fingerprint density at radius 3 is 2.80 bits per heavy atom. The van der Waals surface area contributed by atoms with Gasteiger partial charge < -0.3 is 4.42 Å². The smallest absolute Gasteiger partial charge is 0.138 e. The van der Waals surface area contributed by atoms with Crippen LogP contribution < -0.4 is 0 Å². The van der Waals surface area contributed by atoms with Crippen LogP contribution in [0.3, 0.4) is 0 Å². The van der Waals surface area contributed by atoms with Gasteiger partial charge in [0.2, 0.25) is 0 Å². The first-order chi connectivity index (χ1) is 7.25. The number of hydrogen-bond acceptors (Lipinski definition) is 1. The van der Waals surface area contributed by atoms with E-state index in [2.05, 4.69) is 0 Å². The number of rotatable bonds is 0. The van der Waals surface area contributed by atoms with Gasteiger partial charge in [-0.2, -0.15) is 0 Å². The van der Waals surface area contributed by atoms with Gasteiger partial charge in [0.25, 0.3) is 0 Å². The number of aryl methyl sites for hydroxylation is 1. The van der Waals surface area contributed by atoms with Gasteiger partial charge in [0, 0.05) is 16.8 Å². The van der Waals surface area contributed by atoms with Gasteiger partial charge in [0.1, 0.15) is 17.0 Å². The van der Waals surface area contributed by atoms with Crippen LogP contribution in [0.1, 0.15) is 5.56 Å². The van der Waals surface area contributed by atoms with Crippen LogP contribution >= 0.6 is 0 Å². The van der Waals surface area contributed by atoms with E-state index in [0.29, 0.717) is 5.58 Å². The molecule has 1 aromatic heterocycles. The minimum absolute atomic E-state index is 0.265. The van der Waals surface area contributed by atoms with Crippen molar-refractivity contribution in [2.75, 3.05) is 0 Å². The molecule has 2 aromatic carbocycles. The van der Waals surface area contributed by atoms with Crippen LogP contribution in [0.4, 0.5) is 4.39 Å². The van der Waals surface area contributed by atoms with Crippen molar-refractivity contribution in [3.63, 3.8) is 0 Å². The van der Waals surface area contributed by atoms with Gasteiger partial charge in [0.15, 0.2) is 0 Å². The molecule has 0 radical (unpaired) electrons. The van der Waals surface area contributed by atoms with Crippen molar-refractivity contribution in [1.29, 1.82) is 0 Å². The van der Waals surface area contributed by atoms with E-state index in [1.165, 1.54) is 12.1 Å². The van der Waals surface area contributed by atoms with Crippen LogP contribution in [-0.2, 0) is 0 Å². The highest BCUT2D eigenvalue weighted by Gasteiger charge is 2.08. The second-order valence-electron chi connectivity index (χ2n) is 3.69. The van der Waals surface area contributed by atoms with Crippen LogP contribution in [-0.4, -0.2) is 0 Å². The third kappa shape index (κ3) is 1.14. The highest BCUT2D eigenvalue weighted by Crippen LogP contribution is 2.30. The lowest BCUT2D eigenvalue weighted by molar-refractivity contribution is 0.618. The topological polar surface area (TPSA) is 13.1 Å². The molecular weight excluding hydrogens is 191 g/mol. The quantitative estimate of drug-likeness (QED) is 0.534. The van der Waals surface area contributed by atoms with E-state index in [1.54, 1.807) is 6.07 Å². The van der Waals surface area contributed by atoms with E-state index in [0.717, 1.165) is 21.9 Å². The average Bonchev–Trinajstić information content (AvgIpc) is 2.57. The van der Waals surface area contributed by atoms with Crippen molar-refractivity contribution in [3.8, 4) is 0 Å². The molecule has 0 saturated heterocycles. The fourth-order valence-corrected chi connectivity index (χ4v) is 1.91. The van der Waals surface area contributed by atoms with Crippen LogP contribution in [0, 0.1) is 12.7 Å². The molecule has 15 heavy (non-hydrogen) atoms. The van der Waals surface area contributed by atoms with Gasteiger partial charge in [-0.25, -0.2) is 4.39 Å². The van der Waals surface area contributed by atoms with Gasteiger partial charge in [-0.1, -0.05) is 18.2 Å². The Morgan fingerprint density at radius 2 is 1.93 bits per heavy atom. The first kappa shape index (κ1) is 8.48. The van der Waals surface area contributed by atoms with Crippen molar-refractivity contribution in [3.05, 3.63) is 47.8 Å². The largest absolute Gasteiger partial charge is 0.456 e. The van der Waals surface area contributed by atoms with Gasteiger partial charge in [-0.05, 0) is 24.6 Å². The Labute approximate surface area is 86.1 Å². The van der Waals surface area contributed by atoms with E-state index in [1.807, 2.05) is 25.1 Å². The maximum atomic E-state index is 13.0. The molecule has 0 aliphatic rings.